The molecular formula is C14H15BrN4OS. The fraction of sp³-hybridized carbons (Fsp3) is 0.429. The zero-order valence-corrected chi connectivity index (χ0v) is 14.6. The molecule has 0 spiro atoms. The van der Waals surface area contributed by atoms with Crippen molar-refractivity contribution in [1.29, 1.82) is 0 Å². The standard InChI is InChI=1S/C14H15BrN4OS/c1-6-9(4)21-14-11(6)13(20)16-12(17-14)8(3)19-5-10(15)7(2)18-19/h5,8,11H,1-4H3. The average Bonchev–Trinajstić information content (AvgIpc) is 2.90. The van der Waals surface area contributed by atoms with Gasteiger partial charge in [0.15, 0.2) is 5.84 Å². The number of hydrogen-bond acceptors (Lipinski definition) is 4. The van der Waals surface area contributed by atoms with E-state index in [9.17, 15) is 4.79 Å². The second-order valence-electron chi connectivity index (χ2n) is 5.25. The number of fused-ring (bicyclic) bond motifs is 1. The second-order valence-corrected chi connectivity index (χ2v) is 7.34. The smallest absolute Gasteiger partial charge is 0.261 e. The van der Waals surface area contributed by atoms with Gasteiger partial charge in [-0.25, -0.2) is 4.99 Å². The highest BCUT2D eigenvalue weighted by Crippen LogP contribution is 2.40. The largest absolute Gasteiger partial charge is 0.271 e. The van der Waals surface area contributed by atoms with Crippen molar-refractivity contribution in [1.82, 2.24) is 9.78 Å². The van der Waals surface area contributed by atoms with E-state index in [4.69, 9.17) is 0 Å². The number of aryl methyl sites for hydroxylation is 1. The Morgan fingerprint density at radius 3 is 2.67 bits per heavy atom. The Hall–Kier alpha value is -1.21. The zero-order chi connectivity index (χ0) is 15.3. The molecule has 0 aromatic carbocycles. The van der Waals surface area contributed by atoms with Crippen molar-refractivity contribution < 1.29 is 4.79 Å². The van der Waals surface area contributed by atoms with E-state index < -0.39 is 0 Å². The Morgan fingerprint density at radius 1 is 1.33 bits per heavy atom. The molecule has 2 atom stereocenters. The number of halogens is 1. The van der Waals surface area contributed by atoms with Gasteiger partial charge in [-0.1, -0.05) is 11.8 Å². The third kappa shape index (κ3) is 2.42. The maximum Gasteiger partial charge on any atom is 0.261 e. The first-order valence-electron chi connectivity index (χ1n) is 6.66. The third-order valence-electron chi connectivity index (χ3n) is 3.82. The van der Waals surface area contributed by atoms with E-state index in [-0.39, 0.29) is 17.9 Å². The first-order valence-corrected chi connectivity index (χ1v) is 8.27. The molecular weight excluding hydrogens is 352 g/mol. The summed E-state index contributed by atoms with van der Waals surface area (Å²) >= 11 is 5.02. The van der Waals surface area contributed by atoms with Crippen LogP contribution in [0.2, 0.25) is 0 Å². The van der Waals surface area contributed by atoms with Gasteiger partial charge in [-0.15, -0.1) is 0 Å². The van der Waals surface area contributed by atoms with Gasteiger partial charge in [-0.3, -0.25) is 9.48 Å². The summed E-state index contributed by atoms with van der Waals surface area (Å²) in [5.74, 6) is 0.139. The molecule has 3 rings (SSSR count). The van der Waals surface area contributed by atoms with E-state index in [1.54, 1.807) is 16.4 Å². The van der Waals surface area contributed by atoms with Crippen LogP contribution in [0.3, 0.4) is 0 Å². The highest BCUT2D eigenvalue weighted by atomic mass is 79.9. The molecule has 21 heavy (non-hydrogen) atoms. The van der Waals surface area contributed by atoms with Crippen LogP contribution < -0.4 is 0 Å². The topological polar surface area (TPSA) is 59.6 Å². The molecule has 3 heterocycles. The van der Waals surface area contributed by atoms with Crippen molar-refractivity contribution in [2.45, 2.75) is 33.7 Å². The number of rotatable bonds is 2. The van der Waals surface area contributed by atoms with Gasteiger partial charge in [-0.2, -0.15) is 10.1 Å². The summed E-state index contributed by atoms with van der Waals surface area (Å²) in [6, 6.07) is -0.172. The minimum atomic E-state index is -0.267. The third-order valence-corrected chi connectivity index (χ3v) is 5.76. The minimum absolute atomic E-state index is 0.119. The Morgan fingerprint density at radius 2 is 2.05 bits per heavy atom. The summed E-state index contributed by atoms with van der Waals surface area (Å²) < 4.78 is 2.72. The lowest BCUT2D eigenvalue weighted by atomic mass is 10.00. The molecule has 0 saturated carbocycles. The highest BCUT2D eigenvalue weighted by Gasteiger charge is 2.37. The van der Waals surface area contributed by atoms with Crippen LogP contribution in [-0.2, 0) is 4.79 Å². The Balaban J connectivity index is 1.93. The van der Waals surface area contributed by atoms with E-state index in [1.165, 1.54) is 0 Å². The fourth-order valence-electron chi connectivity index (χ4n) is 2.34. The first kappa shape index (κ1) is 14.7. The molecule has 0 fully saturated rings. The van der Waals surface area contributed by atoms with Crippen molar-refractivity contribution in [3.05, 3.63) is 26.8 Å². The van der Waals surface area contributed by atoms with E-state index in [0.29, 0.717) is 5.84 Å². The normalized spacial score (nSPS) is 23.1. The number of aromatic nitrogens is 2. The van der Waals surface area contributed by atoms with Crippen molar-refractivity contribution >= 4 is 44.5 Å². The number of hydrogen-bond donors (Lipinski definition) is 0. The van der Waals surface area contributed by atoms with E-state index in [1.807, 2.05) is 33.9 Å². The lowest BCUT2D eigenvalue weighted by Gasteiger charge is -2.18. The summed E-state index contributed by atoms with van der Waals surface area (Å²) in [6.45, 7) is 7.87. The molecule has 1 aromatic heterocycles. The Bertz CT molecular complexity index is 712. The van der Waals surface area contributed by atoms with Crippen LogP contribution in [0.1, 0.15) is 32.5 Å². The highest BCUT2D eigenvalue weighted by molar-refractivity contribution is 9.10. The number of nitrogens with zero attached hydrogens (tertiary/aromatic N) is 4. The van der Waals surface area contributed by atoms with Crippen LogP contribution in [0.25, 0.3) is 0 Å². The van der Waals surface area contributed by atoms with E-state index in [0.717, 1.165) is 25.7 Å². The second kappa shape index (κ2) is 5.21. The van der Waals surface area contributed by atoms with E-state index >= 15 is 0 Å². The predicted molar refractivity (Wildman–Crippen MR) is 88.7 cm³/mol. The molecule has 2 aliphatic rings. The summed E-state index contributed by atoms with van der Waals surface area (Å²) in [6.07, 6.45) is 1.88. The summed E-state index contributed by atoms with van der Waals surface area (Å²) in [5, 5.41) is 5.26. The number of amidine groups is 1. The quantitative estimate of drug-likeness (QED) is 0.804. The maximum absolute atomic E-state index is 12.3. The number of amides is 1. The monoisotopic (exact) mass is 366 g/mol. The van der Waals surface area contributed by atoms with Gasteiger partial charge in [0.1, 0.15) is 12.0 Å². The Labute approximate surface area is 135 Å². The molecule has 1 aromatic rings. The van der Waals surface area contributed by atoms with Gasteiger partial charge in [0.05, 0.1) is 15.2 Å². The number of carbonyl (C=O) groups excluding carboxylic acids is 1. The van der Waals surface area contributed by atoms with Crippen LogP contribution in [0.5, 0.6) is 0 Å². The molecule has 110 valence electrons. The van der Waals surface area contributed by atoms with E-state index in [2.05, 4.69) is 31.0 Å². The van der Waals surface area contributed by atoms with Gasteiger partial charge in [0.2, 0.25) is 0 Å². The van der Waals surface area contributed by atoms with Crippen molar-refractivity contribution in [2.24, 2.45) is 15.9 Å². The van der Waals surface area contributed by atoms with Crippen LogP contribution in [0.15, 0.2) is 31.1 Å². The molecule has 5 nitrogen and oxygen atoms in total. The molecule has 2 aliphatic heterocycles. The average molecular weight is 367 g/mol. The van der Waals surface area contributed by atoms with Gasteiger partial charge in [-0.05, 0) is 54.1 Å². The van der Waals surface area contributed by atoms with Crippen LogP contribution in [-0.4, -0.2) is 26.6 Å². The summed E-state index contributed by atoms with van der Waals surface area (Å²) in [4.78, 5) is 22.2. The number of aliphatic imine (C=N–C) groups is 2. The molecule has 0 saturated heterocycles. The van der Waals surface area contributed by atoms with Crippen LogP contribution >= 0.6 is 27.7 Å². The maximum atomic E-state index is 12.3. The lowest BCUT2D eigenvalue weighted by Crippen LogP contribution is -2.28. The molecule has 2 unspecified atom stereocenters. The molecule has 1 amide bonds. The molecule has 0 N–H and O–H groups in total. The molecule has 0 bridgehead atoms. The van der Waals surface area contributed by atoms with Crippen molar-refractivity contribution in [2.75, 3.05) is 0 Å². The minimum Gasteiger partial charge on any atom is -0.271 e. The van der Waals surface area contributed by atoms with Gasteiger partial charge >= 0.3 is 0 Å². The number of carbonyl (C=O) groups is 1. The van der Waals surface area contributed by atoms with Crippen molar-refractivity contribution in [3.8, 4) is 0 Å². The predicted octanol–water partition coefficient (Wildman–Crippen LogP) is 3.51. The summed E-state index contributed by atoms with van der Waals surface area (Å²) in [5.41, 5.74) is 1.97. The van der Waals surface area contributed by atoms with Gasteiger partial charge < -0.3 is 0 Å². The Kier molecular flexibility index (Phi) is 3.65. The van der Waals surface area contributed by atoms with Crippen LogP contribution in [0, 0.1) is 12.8 Å². The number of thioether (sulfide) groups is 1. The molecule has 7 heteroatoms. The molecule has 0 radical (unpaired) electrons. The van der Waals surface area contributed by atoms with Gasteiger partial charge in [0, 0.05) is 6.20 Å². The summed E-state index contributed by atoms with van der Waals surface area (Å²) in [7, 11) is 0. The fourth-order valence-corrected chi connectivity index (χ4v) is 3.76. The number of allylic oxidation sites excluding steroid dienone is 1. The van der Waals surface area contributed by atoms with Crippen molar-refractivity contribution in [3.63, 3.8) is 0 Å². The first-order chi connectivity index (χ1) is 9.88. The SMILES string of the molecule is CC1=C(C)C2C(=O)N=C(C(C)n3cc(Br)c(C)n3)N=C2S1. The van der Waals surface area contributed by atoms with Gasteiger partial charge in [0.25, 0.3) is 5.91 Å². The molecule has 0 aliphatic carbocycles. The zero-order valence-electron chi connectivity index (χ0n) is 12.2. The lowest BCUT2D eigenvalue weighted by molar-refractivity contribution is -0.118. The van der Waals surface area contributed by atoms with Crippen LogP contribution in [0.4, 0.5) is 0 Å².